The highest BCUT2D eigenvalue weighted by molar-refractivity contribution is 6.31. The number of amides is 2. The van der Waals surface area contributed by atoms with Gasteiger partial charge in [-0.05, 0) is 68.0 Å². The van der Waals surface area contributed by atoms with Crippen LogP contribution < -0.4 is 31.6 Å². The third kappa shape index (κ3) is 10.1. The van der Waals surface area contributed by atoms with E-state index < -0.39 is 108 Å². The van der Waals surface area contributed by atoms with E-state index in [4.69, 9.17) is 35.2 Å². The molecule has 11 N–H and O–H groups in total. The normalized spacial score (nSPS) is 27.2. The Hall–Kier alpha value is -7.18. The zero-order valence-electron chi connectivity index (χ0n) is 40.4. The van der Waals surface area contributed by atoms with Gasteiger partial charge in [-0.2, -0.15) is 10.2 Å². The Morgan fingerprint density at radius 3 is 2.36 bits per heavy atom. The van der Waals surface area contributed by atoms with Crippen LogP contribution in [0.3, 0.4) is 0 Å². The van der Waals surface area contributed by atoms with Crippen molar-refractivity contribution in [1.82, 2.24) is 15.6 Å². The van der Waals surface area contributed by atoms with Crippen LogP contribution in [0, 0.1) is 11.8 Å². The lowest BCUT2D eigenvalue weighted by molar-refractivity contribution is -0.249. The Kier molecular flexibility index (Phi) is 14.9. The Bertz CT molecular complexity index is 2910. The number of ether oxygens (including phenoxy) is 5. The number of ketones is 3. The van der Waals surface area contributed by atoms with Gasteiger partial charge in [0.2, 0.25) is 5.78 Å². The second-order valence-corrected chi connectivity index (χ2v) is 19.2. The van der Waals surface area contributed by atoms with Crippen LogP contribution in [-0.4, -0.2) is 128 Å². The summed E-state index contributed by atoms with van der Waals surface area (Å²) in [5.74, 6) is -3.84. The molecule has 2 fully saturated rings. The molecule has 3 heterocycles. The lowest BCUT2D eigenvalue weighted by Crippen LogP contribution is -2.56. The van der Waals surface area contributed by atoms with Crippen LogP contribution in [0.2, 0.25) is 0 Å². The zero-order valence-corrected chi connectivity index (χ0v) is 40.4. The maximum Gasteiger partial charge on any atom is 0.412 e. The SMILES string of the molecule is COc1cccc2c1C(=O)c1c(O)c3c(c(O)c1C2=O)C[C@@](O)(C(=O)CO)CC3OC1CC(NC(=O)OCc2ccc(OC(=O)NC3CCC4C(c5ccc(CN)cn5)=NN=CC4CCC3N)cc2)C(O)C(C)O1. The van der Waals surface area contributed by atoms with E-state index in [2.05, 4.69) is 25.8 Å². The van der Waals surface area contributed by atoms with Crippen LogP contribution in [0.1, 0.15) is 111 Å². The lowest BCUT2D eigenvalue weighted by Gasteiger charge is -2.42. The number of aliphatic hydroxyl groups is 3. The van der Waals surface area contributed by atoms with Gasteiger partial charge in [-0.1, -0.05) is 30.3 Å². The van der Waals surface area contributed by atoms with Crippen LogP contribution in [-0.2, 0) is 38.6 Å². The third-order valence-corrected chi connectivity index (χ3v) is 14.6. The molecule has 1 aromatic heterocycles. The van der Waals surface area contributed by atoms with Gasteiger partial charge < -0.3 is 71.3 Å². The zero-order chi connectivity index (χ0) is 52.6. The fourth-order valence-corrected chi connectivity index (χ4v) is 10.6. The van der Waals surface area contributed by atoms with Gasteiger partial charge in [-0.15, -0.1) is 0 Å². The summed E-state index contributed by atoms with van der Waals surface area (Å²) in [5.41, 5.74) is 11.0. The van der Waals surface area contributed by atoms with Crippen molar-refractivity contribution in [3.63, 3.8) is 0 Å². The van der Waals surface area contributed by atoms with Gasteiger partial charge >= 0.3 is 12.2 Å². The molecule has 9 rings (SSSR count). The molecule has 1 saturated carbocycles. The molecule has 22 nitrogen and oxygen atoms in total. The molecular weight excluding hydrogens is 963 g/mol. The fraction of sp³-hybridized carbons (Fsp3) is 0.423. The highest BCUT2D eigenvalue weighted by Crippen LogP contribution is 2.52. The maximum absolute atomic E-state index is 14.0. The highest BCUT2D eigenvalue weighted by Gasteiger charge is 2.50. The summed E-state index contributed by atoms with van der Waals surface area (Å²) in [4.78, 5) is 71.9. The molecule has 74 heavy (non-hydrogen) atoms. The summed E-state index contributed by atoms with van der Waals surface area (Å²) >= 11 is 0. The van der Waals surface area contributed by atoms with Crippen molar-refractivity contribution in [1.29, 1.82) is 0 Å². The Labute approximate surface area is 423 Å². The van der Waals surface area contributed by atoms with E-state index in [1.807, 2.05) is 18.3 Å². The molecule has 3 aliphatic carbocycles. The van der Waals surface area contributed by atoms with Crippen molar-refractivity contribution >= 4 is 41.5 Å². The van der Waals surface area contributed by atoms with Crippen LogP contribution in [0.4, 0.5) is 9.59 Å². The predicted molar refractivity (Wildman–Crippen MR) is 261 cm³/mol. The molecule has 390 valence electrons. The molecule has 4 aromatic rings. The Morgan fingerprint density at radius 2 is 1.65 bits per heavy atom. The van der Waals surface area contributed by atoms with E-state index in [1.54, 1.807) is 18.3 Å². The molecule has 1 saturated heterocycles. The standard InChI is InChI=1S/C52H57N7O15/c1-24-45(62)35(16-39(72-24)74-37-18-52(69,38(61)22-60)17-31-41(37)49(66)43-42(47(31)64)46(63)30-4-3-5-36(70-2)40(30)48(43)65)58-50(67)71-23-25-6-10-28(11-7-25)73-51(68)57-33-15-12-29-27(9-13-32(33)54)21-56-59-44(29)34-14-8-26(19-53)20-55-34/h3-8,10-11,14,20-21,24,27,29,32-33,35,37,39,45,60,62,64,66,69H,9,12-13,15-19,22-23,53-54H2,1-2H3,(H,57,68)(H,58,67)/t24?,27?,29?,32?,33?,35?,37?,39?,45?,52-/m0/s1. The first-order valence-corrected chi connectivity index (χ1v) is 24.3. The molecule has 2 aliphatic heterocycles. The van der Waals surface area contributed by atoms with Gasteiger partial charge in [0.25, 0.3) is 0 Å². The van der Waals surface area contributed by atoms with Crippen LogP contribution >= 0.6 is 0 Å². The van der Waals surface area contributed by atoms with Crippen LogP contribution in [0.25, 0.3) is 0 Å². The average Bonchev–Trinajstić information content (AvgIpc) is 3.40. The Balaban J connectivity index is 0.818. The van der Waals surface area contributed by atoms with Crippen LogP contribution in [0.5, 0.6) is 23.0 Å². The topological polar surface area (TPSA) is 346 Å². The first kappa shape index (κ1) is 51.7. The van der Waals surface area contributed by atoms with Crippen molar-refractivity contribution in [2.75, 3.05) is 13.7 Å². The fourth-order valence-electron chi connectivity index (χ4n) is 10.6. The number of nitrogens with two attached hydrogens (primary N) is 2. The average molecular weight is 1020 g/mol. The van der Waals surface area contributed by atoms with Crippen molar-refractivity contribution in [3.8, 4) is 23.0 Å². The third-order valence-electron chi connectivity index (χ3n) is 14.6. The summed E-state index contributed by atoms with van der Waals surface area (Å²) in [7, 11) is 1.30. The number of nitrogens with one attached hydrogen (secondary N) is 2. The number of hydrogen-bond donors (Lipinski definition) is 9. The summed E-state index contributed by atoms with van der Waals surface area (Å²) in [6, 6.07) is 12.6. The van der Waals surface area contributed by atoms with Crippen molar-refractivity contribution < 1.29 is 73.2 Å². The second-order valence-electron chi connectivity index (χ2n) is 19.2. The molecule has 5 aliphatic rings. The van der Waals surface area contributed by atoms with E-state index in [0.717, 1.165) is 23.4 Å². The number of fused-ring (bicyclic) bond motifs is 4. The largest absolute Gasteiger partial charge is 0.507 e. The number of benzene rings is 3. The smallest absolute Gasteiger partial charge is 0.412 e. The number of phenolic OH excluding ortho intramolecular Hbond substituents is 2. The molecule has 22 heteroatoms. The predicted octanol–water partition coefficient (Wildman–Crippen LogP) is 2.90. The van der Waals surface area contributed by atoms with Gasteiger partial charge in [0.05, 0.1) is 53.5 Å². The number of carbonyl (C=O) groups excluding carboxylic acids is 5. The number of alkyl carbamates (subject to hydrolysis) is 1. The molecule has 0 spiro atoms. The minimum absolute atomic E-state index is 0.0294. The number of carbonyl (C=O) groups is 5. The monoisotopic (exact) mass is 1020 g/mol. The van der Waals surface area contributed by atoms with Crippen LogP contribution in [0.15, 0.2) is 71.0 Å². The van der Waals surface area contributed by atoms with E-state index in [0.29, 0.717) is 31.4 Å². The number of pyridine rings is 1. The van der Waals surface area contributed by atoms with E-state index in [9.17, 15) is 49.5 Å². The molecule has 0 radical (unpaired) electrons. The van der Waals surface area contributed by atoms with Crippen molar-refractivity contribution in [3.05, 3.63) is 111 Å². The highest BCUT2D eigenvalue weighted by atomic mass is 16.7. The first-order chi connectivity index (χ1) is 35.5. The minimum atomic E-state index is -2.39. The number of nitrogens with zero attached hydrogens (tertiary/aromatic N) is 3. The van der Waals surface area contributed by atoms with E-state index >= 15 is 0 Å². The lowest BCUT2D eigenvalue weighted by atomic mass is 9.72. The second kappa shape index (κ2) is 21.3. The summed E-state index contributed by atoms with van der Waals surface area (Å²) in [5, 5.41) is 70.4. The maximum atomic E-state index is 14.0. The molecule has 9 unspecified atom stereocenters. The van der Waals surface area contributed by atoms with Gasteiger partial charge in [0.1, 0.15) is 47.9 Å². The van der Waals surface area contributed by atoms with Gasteiger partial charge in [-0.25, -0.2) is 9.59 Å². The summed E-state index contributed by atoms with van der Waals surface area (Å²) < 4.78 is 28.6. The first-order valence-electron chi connectivity index (χ1n) is 24.3. The van der Waals surface area contributed by atoms with Gasteiger partial charge in [0, 0.05) is 78.8 Å². The number of methoxy groups -OCH3 is 1. The summed E-state index contributed by atoms with van der Waals surface area (Å²) in [6.45, 7) is 0.544. The molecular formula is C52H57N7O15. The molecule has 10 atom stereocenters. The number of aromatic hydroxyl groups is 2. The van der Waals surface area contributed by atoms with E-state index in [1.165, 1.54) is 44.4 Å². The number of phenols is 2. The molecule has 2 amide bonds. The van der Waals surface area contributed by atoms with Crippen molar-refractivity contribution in [2.45, 2.75) is 113 Å². The van der Waals surface area contributed by atoms with Crippen molar-refractivity contribution in [2.24, 2.45) is 33.5 Å². The Morgan fingerprint density at radius 1 is 0.905 bits per heavy atom. The quantitative estimate of drug-likeness (QED) is 0.0811. The number of aromatic nitrogens is 1. The van der Waals surface area contributed by atoms with Gasteiger partial charge in [0.15, 0.2) is 17.9 Å². The number of rotatable bonds is 12. The minimum Gasteiger partial charge on any atom is -0.507 e. The van der Waals surface area contributed by atoms with Gasteiger partial charge in [-0.3, -0.25) is 19.4 Å². The number of hydrogen-bond acceptors (Lipinski definition) is 20. The number of aliphatic hydroxyl groups excluding tert-OH is 2. The molecule has 0 bridgehead atoms. The molecule has 3 aromatic carbocycles. The van der Waals surface area contributed by atoms with E-state index in [-0.39, 0.29) is 70.7 Å². The number of Topliss-reactive ketones (excluding diaryl/α,β-unsaturated/α-hetero) is 1. The summed E-state index contributed by atoms with van der Waals surface area (Å²) in [6.07, 6.45) is -2.07.